The highest BCUT2D eigenvalue weighted by atomic mass is 79.9. The lowest BCUT2D eigenvalue weighted by Gasteiger charge is -2.30. The molecule has 1 aliphatic rings. The second kappa shape index (κ2) is 7.27. The summed E-state index contributed by atoms with van der Waals surface area (Å²) in [4.78, 5) is 14.4. The normalized spacial score (nSPS) is 21.9. The minimum Gasteiger partial charge on any atom is -0.496 e. The lowest BCUT2D eigenvalue weighted by atomic mass is 9.92. The number of amides is 1. The number of carbonyl (C=O) groups excluding carboxylic acids is 1. The molecule has 2 atom stereocenters. The van der Waals surface area contributed by atoms with Crippen LogP contribution in [0.15, 0.2) is 22.7 Å². The number of hydrogen-bond acceptors (Lipinski definition) is 3. The fourth-order valence-electron chi connectivity index (χ4n) is 2.87. The van der Waals surface area contributed by atoms with Gasteiger partial charge in [0.1, 0.15) is 5.75 Å². The summed E-state index contributed by atoms with van der Waals surface area (Å²) in [5.41, 5.74) is 1.02. The van der Waals surface area contributed by atoms with E-state index in [1.807, 2.05) is 30.1 Å². The number of nitrogens with one attached hydrogen (secondary N) is 1. The molecule has 1 fully saturated rings. The van der Waals surface area contributed by atoms with Crippen molar-refractivity contribution >= 4 is 21.8 Å². The Bertz CT molecular complexity index is 507. The molecule has 1 saturated heterocycles. The van der Waals surface area contributed by atoms with Gasteiger partial charge in [0.15, 0.2) is 0 Å². The molecule has 1 amide bonds. The van der Waals surface area contributed by atoms with E-state index in [-0.39, 0.29) is 11.8 Å². The zero-order valence-electron chi connectivity index (χ0n) is 12.9. The summed E-state index contributed by atoms with van der Waals surface area (Å²) >= 11 is 3.47. The number of piperidine rings is 1. The van der Waals surface area contributed by atoms with Crippen molar-refractivity contribution in [3.05, 3.63) is 28.2 Å². The van der Waals surface area contributed by atoms with E-state index in [0.29, 0.717) is 12.6 Å². The topological polar surface area (TPSA) is 41.6 Å². The van der Waals surface area contributed by atoms with Gasteiger partial charge < -0.3 is 15.0 Å². The van der Waals surface area contributed by atoms with Crippen LogP contribution in [0.4, 0.5) is 0 Å². The number of halogens is 1. The van der Waals surface area contributed by atoms with Crippen molar-refractivity contribution in [3.63, 3.8) is 0 Å². The molecule has 0 radical (unpaired) electrons. The zero-order chi connectivity index (χ0) is 15.4. The smallest absolute Gasteiger partial charge is 0.225 e. The standard InChI is InChI=1S/C16H23BrN2O2/c1-11-8-12(6-7-18-11)16(20)19(2)10-13-9-14(17)4-5-15(13)21-3/h4-5,9,11-12,18H,6-8,10H2,1-3H3. The van der Waals surface area contributed by atoms with Crippen LogP contribution < -0.4 is 10.1 Å². The number of benzene rings is 1. The molecule has 0 spiro atoms. The lowest BCUT2D eigenvalue weighted by molar-refractivity contribution is -0.135. The maximum atomic E-state index is 12.6. The molecule has 0 bridgehead atoms. The molecule has 5 heteroatoms. The van der Waals surface area contributed by atoms with E-state index in [2.05, 4.69) is 28.2 Å². The third-order valence-electron chi connectivity index (χ3n) is 4.00. The van der Waals surface area contributed by atoms with Crippen LogP contribution in [0.1, 0.15) is 25.3 Å². The summed E-state index contributed by atoms with van der Waals surface area (Å²) in [5.74, 6) is 1.17. The Hall–Kier alpha value is -1.07. The van der Waals surface area contributed by atoms with Gasteiger partial charge in [-0.2, -0.15) is 0 Å². The molecule has 1 heterocycles. The Balaban J connectivity index is 2.05. The van der Waals surface area contributed by atoms with Gasteiger partial charge in [0.2, 0.25) is 5.91 Å². The molecule has 0 aliphatic carbocycles. The van der Waals surface area contributed by atoms with Crippen molar-refractivity contribution in [1.29, 1.82) is 0 Å². The first-order chi connectivity index (χ1) is 10.0. The number of methoxy groups -OCH3 is 1. The second-order valence-electron chi connectivity index (χ2n) is 5.73. The van der Waals surface area contributed by atoms with Crippen LogP contribution in [0.2, 0.25) is 0 Å². The van der Waals surface area contributed by atoms with E-state index < -0.39 is 0 Å². The molecule has 1 aromatic carbocycles. The van der Waals surface area contributed by atoms with E-state index in [4.69, 9.17) is 4.74 Å². The number of ether oxygens (including phenoxy) is 1. The Morgan fingerprint density at radius 1 is 1.52 bits per heavy atom. The molecule has 21 heavy (non-hydrogen) atoms. The van der Waals surface area contributed by atoms with Crippen LogP contribution in [-0.4, -0.2) is 37.6 Å². The average molecular weight is 355 g/mol. The fourth-order valence-corrected chi connectivity index (χ4v) is 3.28. The summed E-state index contributed by atoms with van der Waals surface area (Å²) in [6.07, 6.45) is 1.84. The minimum atomic E-state index is 0.129. The first kappa shape index (κ1) is 16.3. The zero-order valence-corrected chi connectivity index (χ0v) is 14.4. The monoisotopic (exact) mass is 354 g/mol. The fraction of sp³-hybridized carbons (Fsp3) is 0.562. The lowest BCUT2D eigenvalue weighted by Crippen LogP contribution is -2.42. The van der Waals surface area contributed by atoms with Gasteiger partial charge in [0.25, 0.3) is 0 Å². The van der Waals surface area contributed by atoms with Crippen LogP contribution in [-0.2, 0) is 11.3 Å². The molecule has 0 saturated carbocycles. The SMILES string of the molecule is COc1ccc(Br)cc1CN(C)C(=O)C1CCNC(C)C1. The maximum Gasteiger partial charge on any atom is 0.225 e. The highest BCUT2D eigenvalue weighted by Crippen LogP contribution is 2.25. The van der Waals surface area contributed by atoms with Crippen molar-refractivity contribution in [1.82, 2.24) is 10.2 Å². The van der Waals surface area contributed by atoms with Crippen LogP contribution in [0.3, 0.4) is 0 Å². The van der Waals surface area contributed by atoms with Crippen LogP contribution in [0.5, 0.6) is 5.75 Å². The predicted octanol–water partition coefficient (Wildman–Crippen LogP) is 2.80. The molecule has 0 aromatic heterocycles. The molecule has 4 nitrogen and oxygen atoms in total. The van der Waals surface area contributed by atoms with Gasteiger partial charge in [-0.1, -0.05) is 15.9 Å². The summed E-state index contributed by atoms with van der Waals surface area (Å²) in [6, 6.07) is 6.29. The summed E-state index contributed by atoms with van der Waals surface area (Å²) in [7, 11) is 3.53. The maximum absolute atomic E-state index is 12.6. The van der Waals surface area contributed by atoms with Crippen molar-refractivity contribution < 1.29 is 9.53 Å². The van der Waals surface area contributed by atoms with E-state index in [9.17, 15) is 4.79 Å². The quantitative estimate of drug-likeness (QED) is 0.903. The van der Waals surface area contributed by atoms with Gasteiger partial charge in [0, 0.05) is 35.6 Å². The van der Waals surface area contributed by atoms with Gasteiger partial charge in [-0.05, 0) is 44.5 Å². The van der Waals surface area contributed by atoms with Crippen molar-refractivity contribution in [2.24, 2.45) is 5.92 Å². The average Bonchev–Trinajstić information content (AvgIpc) is 2.46. The highest BCUT2D eigenvalue weighted by Gasteiger charge is 2.27. The third kappa shape index (κ3) is 4.20. The number of carbonyl (C=O) groups is 1. The van der Waals surface area contributed by atoms with Gasteiger partial charge in [-0.15, -0.1) is 0 Å². The molecule has 2 rings (SSSR count). The molecular formula is C16H23BrN2O2. The van der Waals surface area contributed by atoms with Crippen molar-refractivity contribution in [2.75, 3.05) is 20.7 Å². The molecular weight excluding hydrogens is 332 g/mol. The van der Waals surface area contributed by atoms with Gasteiger partial charge in [-0.3, -0.25) is 4.79 Å². The molecule has 1 aromatic rings. The van der Waals surface area contributed by atoms with E-state index in [1.165, 1.54) is 0 Å². The Morgan fingerprint density at radius 3 is 2.95 bits per heavy atom. The number of nitrogens with zero attached hydrogens (tertiary/aromatic N) is 1. The van der Waals surface area contributed by atoms with E-state index >= 15 is 0 Å². The van der Waals surface area contributed by atoms with Gasteiger partial charge in [0.05, 0.1) is 7.11 Å². The van der Waals surface area contributed by atoms with Crippen LogP contribution >= 0.6 is 15.9 Å². The molecule has 1 N–H and O–H groups in total. The molecule has 116 valence electrons. The Labute approximate surface area is 135 Å². The number of rotatable bonds is 4. The number of hydrogen-bond donors (Lipinski definition) is 1. The van der Waals surface area contributed by atoms with Crippen LogP contribution in [0.25, 0.3) is 0 Å². The summed E-state index contributed by atoms with van der Waals surface area (Å²) in [6.45, 7) is 3.63. The molecule has 2 unspecified atom stereocenters. The largest absolute Gasteiger partial charge is 0.496 e. The van der Waals surface area contributed by atoms with E-state index in [0.717, 1.165) is 35.2 Å². The first-order valence-corrected chi connectivity index (χ1v) is 8.11. The van der Waals surface area contributed by atoms with Gasteiger partial charge >= 0.3 is 0 Å². The third-order valence-corrected chi connectivity index (χ3v) is 4.49. The van der Waals surface area contributed by atoms with Crippen LogP contribution in [0, 0.1) is 5.92 Å². The summed E-state index contributed by atoms with van der Waals surface area (Å²) in [5, 5.41) is 3.38. The summed E-state index contributed by atoms with van der Waals surface area (Å²) < 4.78 is 6.37. The predicted molar refractivity (Wildman–Crippen MR) is 87.4 cm³/mol. The van der Waals surface area contributed by atoms with Crippen molar-refractivity contribution in [2.45, 2.75) is 32.4 Å². The Kier molecular flexibility index (Phi) is 5.65. The highest BCUT2D eigenvalue weighted by molar-refractivity contribution is 9.10. The second-order valence-corrected chi connectivity index (χ2v) is 6.64. The van der Waals surface area contributed by atoms with E-state index in [1.54, 1.807) is 7.11 Å². The first-order valence-electron chi connectivity index (χ1n) is 7.32. The molecule has 1 aliphatic heterocycles. The Morgan fingerprint density at radius 2 is 2.29 bits per heavy atom. The minimum absolute atomic E-state index is 0.129. The van der Waals surface area contributed by atoms with Gasteiger partial charge in [-0.25, -0.2) is 0 Å². The van der Waals surface area contributed by atoms with Crippen molar-refractivity contribution in [3.8, 4) is 5.75 Å².